The highest BCUT2D eigenvalue weighted by Gasteiger charge is 2.01. The first kappa shape index (κ1) is 21.7. The molecule has 0 rings (SSSR count). The number of esters is 1. The average Bonchev–Trinajstić information content (AvgIpc) is 2.03. The van der Waals surface area contributed by atoms with Crippen molar-refractivity contribution in [2.24, 2.45) is 0 Å². The molecule has 0 saturated carbocycles. The van der Waals surface area contributed by atoms with Gasteiger partial charge in [-0.1, -0.05) is 0 Å². The van der Waals surface area contributed by atoms with Crippen molar-refractivity contribution in [3.63, 3.8) is 0 Å². The molecule has 0 aliphatic rings. The first-order valence-corrected chi connectivity index (χ1v) is 6.10. The summed E-state index contributed by atoms with van der Waals surface area (Å²) in [6.45, 7) is 11.7. The Balaban J connectivity index is -0.000000214. The van der Waals surface area contributed by atoms with Crippen molar-refractivity contribution in [1.82, 2.24) is 0 Å². The zero-order valence-electron chi connectivity index (χ0n) is 11.1. The zero-order chi connectivity index (χ0) is 12.3. The SMILES string of the molecule is CC(C)[O][Al][O]C(C)C.CCOC(C)=O.[Al]. The summed E-state index contributed by atoms with van der Waals surface area (Å²) >= 11 is -0.245. The molecule has 0 heterocycles. The molecule has 0 saturated heterocycles. The van der Waals surface area contributed by atoms with Crippen LogP contribution < -0.4 is 0 Å². The molecule has 0 fully saturated rings. The minimum Gasteiger partial charge on any atom is -0.482 e. The number of carbonyl (C=O) groups is 1. The number of carbonyl (C=O) groups excluding carboxylic acids is 1. The van der Waals surface area contributed by atoms with Gasteiger partial charge < -0.3 is 12.3 Å². The molecule has 0 aliphatic carbocycles. The third kappa shape index (κ3) is 29.3. The summed E-state index contributed by atoms with van der Waals surface area (Å²) in [6, 6.07) is 0. The Kier molecular flexibility index (Phi) is 21.0. The van der Waals surface area contributed by atoms with Crippen LogP contribution in [-0.4, -0.2) is 58.0 Å². The molecule has 0 aromatic heterocycles. The standard InChI is InChI=1S/C4H8O2.2C3H7O.2Al/c1-3-6-4(2)5;2*1-3(2)4;;/h3H2,1-2H3;2*3H,1-2H3;;/q;2*-1;;+2. The molecule has 0 aromatic carbocycles. The predicted molar refractivity (Wildman–Crippen MR) is 66.3 cm³/mol. The van der Waals surface area contributed by atoms with Crippen LogP contribution in [0.4, 0.5) is 0 Å². The van der Waals surface area contributed by atoms with Crippen LogP contribution in [0.3, 0.4) is 0 Å². The predicted octanol–water partition coefficient (Wildman–Crippen LogP) is 1.56. The van der Waals surface area contributed by atoms with E-state index in [1.807, 2.05) is 27.7 Å². The fourth-order valence-corrected chi connectivity index (χ4v) is 0.966. The maximum Gasteiger partial charge on any atom is 0.668 e. The van der Waals surface area contributed by atoms with E-state index in [2.05, 4.69) is 4.74 Å². The molecule has 0 aromatic rings. The lowest BCUT2D eigenvalue weighted by atomic mass is 10.5. The van der Waals surface area contributed by atoms with Gasteiger partial charge in [0.15, 0.2) is 0 Å². The Morgan fingerprint density at radius 3 is 1.62 bits per heavy atom. The van der Waals surface area contributed by atoms with E-state index in [4.69, 9.17) is 7.58 Å². The van der Waals surface area contributed by atoms with E-state index in [1.54, 1.807) is 6.92 Å². The van der Waals surface area contributed by atoms with Gasteiger partial charge in [-0.3, -0.25) is 4.79 Å². The van der Waals surface area contributed by atoms with Crippen LogP contribution in [0.25, 0.3) is 0 Å². The highest BCUT2D eigenvalue weighted by molar-refractivity contribution is 6.18. The van der Waals surface area contributed by atoms with Crippen molar-refractivity contribution in [2.75, 3.05) is 6.61 Å². The lowest BCUT2D eigenvalue weighted by Gasteiger charge is -2.09. The van der Waals surface area contributed by atoms with Crippen molar-refractivity contribution >= 4 is 39.2 Å². The zero-order valence-corrected chi connectivity index (χ0v) is 13.5. The van der Waals surface area contributed by atoms with Gasteiger partial charge in [-0.05, 0) is 34.6 Å². The molecule has 0 amide bonds. The fraction of sp³-hybridized carbons (Fsp3) is 0.900. The molecule has 16 heavy (non-hydrogen) atoms. The second-order valence-electron chi connectivity index (χ2n) is 3.39. The summed E-state index contributed by atoms with van der Waals surface area (Å²) in [7, 11) is 0. The van der Waals surface area contributed by atoms with Crippen LogP contribution in [0, 0.1) is 0 Å². The van der Waals surface area contributed by atoms with Crippen molar-refractivity contribution in [3.8, 4) is 0 Å². The number of hydrogen-bond acceptors (Lipinski definition) is 4. The molecule has 92 valence electrons. The lowest BCUT2D eigenvalue weighted by Crippen LogP contribution is -2.14. The first-order valence-electron chi connectivity index (χ1n) is 5.16. The van der Waals surface area contributed by atoms with E-state index >= 15 is 0 Å². The minimum absolute atomic E-state index is 0. The normalized spacial score (nSPS) is 9.00. The molecule has 0 bridgehead atoms. The lowest BCUT2D eigenvalue weighted by molar-refractivity contribution is -0.140. The van der Waals surface area contributed by atoms with Gasteiger partial charge in [-0.2, -0.15) is 0 Å². The van der Waals surface area contributed by atoms with E-state index < -0.39 is 0 Å². The number of hydrogen-bond donors (Lipinski definition) is 0. The minimum atomic E-state index is -0.245. The van der Waals surface area contributed by atoms with Crippen molar-refractivity contribution in [2.45, 2.75) is 53.8 Å². The van der Waals surface area contributed by atoms with Crippen LogP contribution in [0.5, 0.6) is 0 Å². The molecule has 0 atom stereocenters. The highest BCUT2D eigenvalue weighted by atomic mass is 27.2. The van der Waals surface area contributed by atoms with Gasteiger partial charge in [0, 0.05) is 36.5 Å². The van der Waals surface area contributed by atoms with Crippen molar-refractivity contribution in [3.05, 3.63) is 0 Å². The molecule has 0 N–H and O–H groups in total. The van der Waals surface area contributed by atoms with Gasteiger partial charge in [0.05, 0.1) is 6.61 Å². The van der Waals surface area contributed by atoms with Crippen LogP contribution in [0.1, 0.15) is 41.5 Å². The maximum atomic E-state index is 9.82. The second-order valence-corrected chi connectivity index (χ2v) is 4.13. The highest BCUT2D eigenvalue weighted by Crippen LogP contribution is 1.89. The smallest absolute Gasteiger partial charge is 0.482 e. The summed E-state index contributed by atoms with van der Waals surface area (Å²) in [5.74, 6) is -0.211. The van der Waals surface area contributed by atoms with E-state index in [0.717, 1.165) is 0 Å². The Hall–Kier alpha value is 0.455. The average molecular weight is 260 g/mol. The van der Waals surface area contributed by atoms with Crippen molar-refractivity contribution in [1.29, 1.82) is 0 Å². The van der Waals surface area contributed by atoms with Gasteiger partial charge >= 0.3 is 21.9 Å². The van der Waals surface area contributed by atoms with Crippen LogP contribution in [-0.2, 0) is 17.1 Å². The van der Waals surface area contributed by atoms with Gasteiger partial charge in [-0.15, -0.1) is 0 Å². The van der Waals surface area contributed by atoms with Gasteiger partial charge in [0.2, 0.25) is 0 Å². The quantitative estimate of drug-likeness (QED) is 0.556. The third-order valence-corrected chi connectivity index (χ3v) is 2.31. The van der Waals surface area contributed by atoms with Gasteiger partial charge in [0.25, 0.3) is 0 Å². The monoisotopic (exact) mass is 260 g/mol. The fourth-order valence-electron chi connectivity index (χ4n) is 0.458. The van der Waals surface area contributed by atoms with Crippen LogP contribution in [0.15, 0.2) is 0 Å². The van der Waals surface area contributed by atoms with E-state index in [-0.39, 0.29) is 39.2 Å². The van der Waals surface area contributed by atoms with E-state index in [0.29, 0.717) is 18.8 Å². The summed E-state index contributed by atoms with van der Waals surface area (Å²) in [5, 5.41) is 0. The molecule has 0 unspecified atom stereocenters. The summed E-state index contributed by atoms with van der Waals surface area (Å²) in [4.78, 5) is 9.82. The topological polar surface area (TPSA) is 44.8 Å². The third-order valence-electron chi connectivity index (χ3n) is 1.00. The van der Waals surface area contributed by atoms with Crippen LogP contribution >= 0.6 is 0 Å². The molecule has 0 spiro atoms. The van der Waals surface area contributed by atoms with E-state index in [1.165, 1.54) is 6.92 Å². The Labute approximate surface area is 117 Å². The first-order chi connectivity index (χ1) is 6.90. The Morgan fingerprint density at radius 1 is 1.12 bits per heavy atom. The molecule has 4 nitrogen and oxygen atoms in total. The summed E-state index contributed by atoms with van der Waals surface area (Å²) in [5.41, 5.74) is 0. The molecule has 4 radical (unpaired) electrons. The second kappa shape index (κ2) is 15.5. The summed E-state index contributed by atoms with van der Waals surface area (Å²) in [6.07, 6.45) is 0.609. The van der Waals surface area contributed by atoms with Gasteiger partial charge in [-0.25, -0.2) is 0 Å². The molecular formula is C10H22Al2O4. The van der Waals surface area contributed by atoms with Gasteiger partial charge in [0.1, 0.15) is 0 Å². The number of ether oxygens (including phenoxy) is 1. The molecular weight excluding hydrogens is 238 g/mol. The Bertz CT molecular complexity index is 144. The largest absolute Gasteiger partial charge is 0.668 e. The number of rotatable bonds is 5. The molecule has 6 heteroatoms. The maximum absolute atomic E-state index is 9.82. The summed E-state index contributed by atoms with van der Waals surface area (Å²) < 4.78 is 14.8. The van der Waals surface area contributed by atoms with Crippen molar-refractivity contribution < 1.29 is 17.1 Å². The Morgan fingerprint density at radius 2 is 1.50 bits per heavy atom. The van der Waals surface area contributed by atoms with E-state index in [9.17, 15) is 4.79 Å². The molecule has 0 aliphatic heterocycles. The van der Waals surface area contributed by atoms with Crippen LogP contribution in [0.2, 0.25) is 0 Å².